The number of methoxy groups -OCH3 is 1. The normalized spacial score (nSPS) is 25.1. The van der Waals surface area contributed by atoms with Gasteiger partial charge in [0.2, 0.25) is 0 Å². The highest BCUT2D eigenvalue weighted by Crippen LogP contribution is 2.39. The van der Waals surface area contributed by atoms with Gasteiger partial charge in [-0.3, -0.25) is 14.7 Å². The highest BCUT2D eigenvalue weighted by Gasteiger charge is 2.41. The molecule has 3 aliphatic rings. The molecule has 3 aliphatic heterocycles. The minimum Gasteiger partial charge on any atom is -0.497 e. The second-order valence-electron chi connectivity index (χ2n) is 11.7. The van der Waals surface area contributed by atoms with Gasteiger partial charge in [-0.2, -0.15) is 0 Å². The summed E-state index contributed by atoms with van der Waals surface area (Å²) < 4.78 is 19.7. The van der Waals surface area contributed by atoms with Crippen molar-refractivity contribution < 1.29 is 9.13 Å². The highest BCUT2D eigenvalue weighted by molar-refractivity contribution is 5.27. The van der Waals surface area contributed by atoms with E-state index in [2.05, 4.69) is 52.1 Å². The van der Waals surface area contributed by atoms with E-state index in [1.165, 1.54) is 18.4 Å². The predicted molar refractivity (Wildman–Crippen MR) is 148 cm³/mol. The monoisotopic (exact) mass is 508 g/mol. The lowest BCUT2D eigenvalue weighted by Gasteiger charge is -2.53. The van der Waals surface area contributed by atoms with Crippen LogP contribution in [0.1, 0.15) is 56.7 Å². The van der Waals surface area contributed by atoms with E-state index >= 15 is 0 Å². The van der Waals surface area contributed by atoms with Gasteiger partial charge in [-0.25, -0.2) is 4.39 Å². The Balaban J connectivity index is 1.27. The van der Waals surface area contributed by atoms with Gasteiger partial charge in [0.25, 0.3) is 0 Å². The summed E-state index contributed by atoms with van der Waals surface area (Å²) in [6.45, 7) is 13.5. The van der Waals surface area contributed by atoms with Crippen LogP contribution < -0.4 is 10.1 Å². The van der Waals surface area contributed by atoms with Gasteiger partial charge >= 0.3 is 0 Å². The summed E-state index contributed by atoms with van der Waals surface area (Å²) in [5.74, 6) is 1.33. The topological polar surface area (TPSA) is 31.0 Å². The molecule has 0 bridgehead atoms. The Kier molecular flexibility index (Phi) is 8.50. The van der Waals surface area contributed by atoms with Crippen molar-refractivity contribution in [3.8, 4) is 5.75 Å². The molecule has 37 heavy (non-hydrogen) atoms. The number of piperidine rings is 2. The summed E-state index contributed by atoms with van der Waals surface area (Å²) in [5.41, 5.74) is 2.78. The predicted octanol–water partition coefficient (Wildman–Crippen LogP) is 4.94. The third kappa shape index (κ3) is 6.19. The second-order valence-corrected chi connectivity index (χ2v) is 11.7. The molecule has 0 spiro atoms. The van der Waals surface area contributed by atoms with E-state index in [4.69, 9.17) is 4.74 Å². The summed E-state index contributed by atoms with van der Waals surface area (Å²) in [6, 6.07) is 16.6. The lowest BCUT2D eigenvalue weighted by Crippen LogP contribution is -2.62. The molecular weight excluding hydrogens is 463 g/mol. The fourth-order valence-corrected chi connectivity index (χ4v) is 7.00. The average molecular weight is 509 g/mol. The van der Waals surface area contributed by atoms with Crippen molar-refractivity contribution in [2.45, 2.75) is 63.7 Å². The SMILES string of the molecule is COc1ccc(CN2CCC(C(c3cccc(F)c3)N3CCN(C4(C)CCNCC4)C[C@@H]3C)CC2)cc1. The van der Waals surface area contributed by atoms with Crippen molar-refractivity contribution >= 4 is 0 Å². The van der Waals surface area contributed by atoms with Crippen LogP contribution in [-0.4, -0.2) is 79.2 Å². The van der Waals surface area contributed by atoms with Gasteiger partial charge in [-0.05, 0) is 107 Å². The highest BCUT2D eigenvalue weighted by atomic mass is 19.1. The van der Waals surface area contributed by atoms with Crippen LogP contribution >= 0.6 is 0 Å². The zero-order chi connectivity index (χ0) is 25.8. The van der Waals surface area contributed by atoms with Crippen molar-refractivity contribution in [1.29, 1.82) is 0 Å². The number of piperazine rings is 1. The molecule has 5 nitrogen and oxygen atoms in total. The van der Waals surface area contributed by atoms with Crippen LogP contribution in [0.25, 0.3) is 0 Å². The van der Waals surface area contributed by atoms with Gasteiger partial charge in [0.15, 0.2) is 0 Å². The van der Waals surface area contributed by atoms with E-state index in [-0.39, 0.29) is 11.9 Å². The quantitative estimate of drug-likeness (QED) is 0.573. The first-order chi connectivity index (χ1) is 17.9. The molecule has 0 amide bonds. The van der Waals surface area contributed by atoms with E-state index in [1.54, 1.807) is 19.2 Å². The molecule has 3 heterocycles. The lowest BCUT2D eigenvalue weighted by atomic mass is 9.82. The summed E-state index contributed by atoms with van der Waals surface area (Å²) in [4.78, 5) is 8.02. The molecule has 1 unspecified atom stereocenters. The van der Waals surface area contributed by atoms with Crippen molar-refractivity contribution in [1.82, 2.24) is 20.0 Å². The van der Waals surface area contributed by atoms with Crippen molar-refractivity contribution in [3.05, 3.63) is 65.5 Å². The standard InChI is InChI=1S/C31H45FN4O/c1-24-22-35(31(2)13-15-33-16-14-31)19-20-36(24)30(27-5-4-6-28(32)21-27)26-11-17-34(18-12-26)23-25-7-9-29(37-3)10-8-25/h4-10,21,24,26,30,33H,11-20,22-23H2,1-3H3/t24-,30?/m0/s1. The zero-order valence-electron chi connectivity index (χ0n) is 23.0. The number of rotatable bonds is 7. The third-order valence-electron chi connectivity index (χ3n) is 9.31. The number of halogens is 1. The maximum Gasteiger partial charge on any atom is 0.123 e. The Morgan fingerprint density at radius 3 is 2.41 bits per heavy atom. The second kappa shape index (κ2) is 11.8. The van der Waals surface area contributed by atoms with Crippen LogP contribution in [0.5, 0.6) is 5.75 Å². The summed E-state index contributed by atoms with van der Waals surface area (Å²) in [6.07, 6.45) is 4.74. The van der Waals surface area contributed by atoms with Gasteiger partial charge in [0.1, 0.15) is 11.6 Å². The summed E-state index contributed by atoms with van der Waals surface area (Å²) >= 11 is 0. The molecule has 2 atom stereocenters. The van der Waals surface area contributed by atoms with Crippen molar-refractivity contribution in [3.63, 3.8) is 0 Å². The minimum absolute atomic E-state index is 0.118. The van der Waals surface area contributed by atoms with Gasteiger partial charge in [-0.1, -0.05) is 24.3 Å². The Hall–Kier alpha value is -1.99. The number of ether oxygens (including phenoxy) is 1. The molecule has 3 saturated heterocycles. The first-order valence-corrected chi connectivity index (χ1v) is 14.3. The summed E-state index contributed by atoms with van der Waals surface area (Å²) in [7, 11) is 1.71. The van der Waals surface area contributed by atoms with Crippen molar-refractivity contribution in [2.24, 2.45) is 5.92 Å². The van der Waals surface area contributed by atoms with Crippen LogP contribution in [-0.2, 0) is 6.54 Å². The van der Waals surface area contributed by atoms with Gasteiger partial charge in [0, 0.05) is 43.8 Å². The first kappa shape index (κ1) is 26.6. The number of likely N-dealkylation sites (tertiary alicyclic amines) is 1. The number of hydrogen-bond acceptors (Lipinski definition) is 5. The van der Waals surface area contributed by atoms with Crippen LogP contribution in [0.15, 0.2) is 48.5 Å². The van der Waals surface area contributed by atoms with E-state index in [1.807, 2.05) is 18.2 Å². The van der Waals surface area contributed by atoms with E-state index in [0.29, 0.717) is 17.5 Å². The molecule has 1 N–H and O–H groups in total. The van der Waals surface area contributed by atoms with E-state index < -0.39 is 0 Å². The van der Waals surface area contributed by atoms with Gasteiger partial charge in [-0.15, -0.1) is 0 Å². The number of hydrogen-bond donors (Lipinski definition) is 1. The molecule has 0 aromatic heterocycles. The Bertz CT molecular complexity index is 1000. The molecule has 2 aromatic rings. The fraction of sp³-hybridized carbons (Fsp3) is 0.613. The number of nitrogens with zero attached hydrogens (tertiary/aromatic N) is 3. The maximum absolute atomic E-state index is 14.4. The molecule has 0 aliphatic carbocycles. The number of nitrogens with one attached hydrogen (secondary N) is 1. The van der Waals surface area contributed by atoms with Crippen LogP contribution in [0.3, 0.4) is 0 Å². The molecule has 202 valence electrons. The average Bonchev–Trinajstić information content (AvgIpc) is 2.91. The molecule has 2 aromatic carbocycles. The van der Waals surface area contributed by atoms with Crippen molar-refractivity contribution in [2.75, 3.05) is 52.9 Å². The first-order valence-electron chi connectivity index (χ1n) is 14.3. The summed E-state index contributed by atoms with van der Waals surface area (Å²) in [5, 5.41) is 3.53. The van der Waals surface area contributed by atoms with Crippen LogP contribution in [0.4, 0.5) is 4.39 Å². The van der Waals surface area contributed by atoms with E-state index in [0.717, 1.165) is 76.5 Å². The minimum atomic E-state index is -0.118. The molecule has 6 heteroatoms. The zero-order valence-corrected chi connectivity index (χ0v) is 23.0. The van der Waals surface area contributed by atoms with Crippen LogP contribution in [0, 0.1) is 11.7 Å². The van der Waals surface area contributed by atoms with Gasteiger partial charge in [0.05, 0.1) is 7.11 Å². The fourth-order valence-electron chi connectivity index (χ4n) is 7.00. The van der Waals surface area contributed by atoms with E-state index in [9.17, 15) is 4.39 Å². The lowest BCUT2D eigenvalue weighted by molar-refractivity contribution is -0.0360. The maximum atomic E-state index is 14.4. The Morgan fingerprint density at radius 2 is 1.76 bits per heavy atom. The third-order valence-corrected chi connectivity index (χ3v) is 9.31. The smallest absolute Gasteiger partial charge is 0.123 e. The molecule has 0 radical (unpaired) electrons. The number of benzene rings is 2. The molecule has 5 rings (SSSR count). The molecule has 3 fully saturated rings. The molecular formula is C31H45FN4O. The van der Waals surface area contributed by atoms with Crippen LogP contribution in [0.2, 0.25) is 0 Å². The Morgan fingerprint density at radius 1 is 1.03 bits per heavy atom. The largest absolute Gasteiger partial charge is 0.497 e. The Labute approximate surface area is 223 Å². The van der Waals surface area contributed by atoms with Gasteiger partial charge < -0.3 is 10.1 Å². The molecule has 0 saturated carbocycles.